The molecular formula is C24H24N2O2S. The fourth-order valence-electron chi connectivity index (χ4n) is 3.27. The highest BCUT2D eigenvalue weighted by Gasteiger charge is 2.33. The van der Waals surface area contributed by atoms with Gasteiger partial charge >= 0.3 is 0 Å². The van der Waals surface area contributed by atoms with Gasteiger partial charge in [0.2, 0.25) is 0 Å². The second kappa shape index (κ2) is 9.58. The summed E-state index contributed by atoms with van der Waals surface area (Å²) in [5.41, 5.74) is 3.93. The van der Waals surface area contributed by atoms with Crippen molar-refractivity contribution in [2.75, 3.05) is 6.61 Å². The van der Waals surface area contributed by atoms with Gasteiger partial charge in [-0.2, -0.15) is 5.26 Å². The molecule has 0 N–H and O–H groups in total. The fourth-order valence-corrected chi connectivity index (χ4v) is 4.69. The molecule has 1 aromatic heterocycles. The van der Waals surface area contributed by atoms with Crippen LogP contribution in [0, 0.1) is 11.3 Å². The summed E-state index contributed by atoms with van der Waals surface area (Å²) in [7, 11) is 0. The second-order valence-corrected chi connectivity index (χ2v) is 8.82. The van der Waals surface area contributed by atoms with Gasteiger partial charge in [0.1, 0.15) is 0 Å². The Morgan fingerprint density at radius 2 is 2.00 bits per heavy atom. The van der Waals surface area contributed by atoms with Crippen LogP contribution in [0.5, 0.6) is 0 Å². The molecule has 29 heavy (non-hydrogen) atoms. The average molecular weight is 405 g/mol. The Morgan fingerprint density at radius 3 is 2.62 bits per heavy atom. The second-order valence-electron chi connectivity index (χ2n) is 7.19. The summed E-state index contributed by atoms with van der Waals surface area (Å²) >= 11 is 1.98. The van der Waals surface area contributed by atoms with E-state index in [0.29, 0.717) is 23.4 Å². The predicted octanol–water partition coefficient (Wildman–Crippen LogP) is 5.99. The zero-order chi connectivity index (χ0) is 20.7. The number of nitriles is 1. The third kappa shape index (κ3) is 5.16. The Bertz CT molecular complexity index is 1040. The lowest BCUT2D eigenvalue weighted by Crippen LogP contribution is -2.28. The minimum Gasteiger partial charge on any atom is -0.468 e. The molecule has 1 heterocycles. The van der Waals surface area contributed by atoms with Crippen molar-refractivity contribution in [3.8, 4) is 17.2 Å². The summed E-state index contributed by atoms with van der Waals surface area (Å²) in [4.78, 5) is 15.0. The molecule has 2 aromatic carbocycles. The van der Waals surface area contributed by atoms with Crippen molar-refractivity contribution in [1.82, 2.24) is 4.98 Å². The van der Waals surface area contributed by atoms with E-state index in [0.717, 1.165) is 16.6 Å². The number of benzene rings is 2. The highest BCUT2D eigenvalue weighted by atomic mass is 32.2. The van der Waals surface area contributed by atoms with Crippen LogP contribution >= 0.6 is 11.8 Å². The number of nitrogens with zero attached hydrogens (tertiary/aromatic N) is 2. The van der Waals surface area contributed by atoms with Gasteiger partial charge in [0.05, 0.1) is 23.8 Å². The van der Waals surface area contributed by atoms with Crippen LogP contribution in [0.3, 0.4) is 0 Å². The third-order valence-corrected chi connectivity index (χ3v) is 6.51. The number of carbonyl (C=O) groups is 1. The Hall–Kier alpha value is -2.84. The quantitative estimate of drug-likeness (QED) is 0.489. The first-order chi connectivity index (χ1) is 14.1. The molecule has 148 valence electrons. The number of ether oxygens (including phenoxy) is 1. The molecule has 1 aliphatic carbocycles. The maximum absolute atomic E-state index is 9.18. The monoisotopic (exact) mass is 404 g/mol. The minimum atomic E-state index is 0.366. The van der Waals surface area contributed by atoms with Crippen LogP contribution in [0.2, 0.25) is 0 Å². The van der Waals surface area contributed by atoms with Crippen LogP contribution in [0.1, 0.15) is 38.7 Å². The molecule has 0 radical (unpaired) electrons. The largest absolute Gasteiger partial charge is 0.468 e. The summed E-state index contributed by atoms with van der Waals surface area (Å²) in [5.74, 6) is 0. The van der Waals surface area contributed by atoms with Crippen LogP contribution < -0.4 is 0 Å². The van der Waals surface area contributed by atoms with Crippen molar-refractivity contribution in [3.63, 3.8) is 0 Å². The third-order valence-electron chi connectivity index (χ3n) is 5.03. The zero-order valence-electron chi connectivity index (χ0n) is 16.7. The van der Waals surface area contributed by atoms with E-state index < -0.39 is 0 Å². The average Bonchev–Trinajstić information content (AvgIpc) is 2.73. The molecule has 0 spiro atoms. The molecule has 1 aliphatic rings. The number of hydrogen-bond donors (Lipinski definition) is 0. The number of aromatic nitrogens is 1. The number of fused-ring (bicyclic) bond motifs is 1. The van der Waals surface area contributed by atoms with Crippen molar-refractivity contribution in [2.24, 2.45) is 0 Å². The molecular weight excluding hydrogens is 380 g/mol. The normalized spacial score (nSPS) is 14.1. The standard InChI is InChI=1S/C21H18N2S.C3H6O2/c1-21(9-3-10-21)24-20-8-11-23-19-7-6-17(13-18(19)20)16-5-2-4-15(12-16)14-22;1-2-5-3-4/h2,4-8,11-13H,3,9-10H2,1H3;3H,2H2,1H3. The van der Waals surface area contributed by atoms with Crippen molar-refractivity contribution in [1.29, 1.82) is 5.26 Å². The Labute approximate surface area is 175 Å². The number of hydrogen-bond acceptors (Lipinski definition) is 5. The minimum absolute atomic E-state index is 0.366. The molecule has 4 nitrogen and oxygen atoms in total. The van der Waals surface area contributed by atoms with E-state index in [1.165, 1.54) is 29.5 Å². The van der Waals surface area contributed by atoms with E-state index in [2.05, 4.69) is 53.0 Å². The molecule has 0 unspecified atom stereocenters. The number of carbonyl (C=O) groups excluding carboxylic acids is 1. The van der Waals surface area contributed by atoms with E-state index in [-0.39, 0.29) is 0 Å². The first kappa shape index (κ1) is 20.9. The van der Waals surface area contributed by atoms with Gasteiger partial charge in [0.15, 0.2) is 0 Å². The SMILES string of the molecule is CC1(Sc2ccnc3ccc(-c4cccc(C#N)c4)cc23)CCC1.CCOC=O. The summed E-state index contributed by atoms with van der Waals surface area (Å²) in [6.45, 7) is 5.02. The van der Waals surface area contributed by atoms with Gasteiger partial charge in [0.25, 0.3) is 6.47 Å². The van der Waals surface area contributed by atoms with Crippen LogP contribution in [0.15, 0.2) is 59.6 Å². The zero-order valence-corrected chi connectivity index (χ0v) is 17.5. The van der Waals surface area contributed by atoms with Gasteiger partial charge in [-0.05, 0) is 61.2 Å². The first-order valence-electron chi connectivity index (χ1n) is 9.72. The Morgan fingerprint density at radius 1 is 1.21 bits per heavy atom. The van der Waals surface area contributed by atoms with Crippen LogP contribution in [-0.4, -0.2) is 22.8 Å². The van der Waals surface area contributed by atoms with Crippen LogP contribution in [0.25, 0.3) is 22.0 Å². The van der Waals surface area contributed by atoms with E-state index in [9.17, 15) is 4.79 Å². The Balaban J connectivity index is 0.000000431. The fraction of sp³-hybridized carbons (Fsp3) is 0.292. The van der Waals surface area contributed by atoms with Crippen molar-refractivity contribution in [2.45, 2.75) is 42.8 Å². The lowest BCUT2D eigenvalue weighted by Gasteiger charge is -2.37. The molecule has 1 saturated carbocycles. The Kier molecular flexibility index (Phi) is 6.90. The molecule has 4 rings (SSSR count). The van der Waals surface area contributed by atoms with E-state index >= 15 is 0 Å². The van der Waals surface area contributed by atoms with Gasteiger partial charge in [-0.3, -0.25) is 9.78 Å². The van der Waals surface area contributed by atoms with E-state index in [4.69, 9.17) is 5.26 Å². The van der Waals surface area contributed by atoms with Gasteiger partial charge in [-0.15, -0.1) is 11.8 Å². The molecule has 0 saturated heterocycles. The highest BCUT2D eigenvalue weighted by Crippen LogP contribution is 2.48. The van der Waals surface area contributed by atoms with Gasteiger partial charge in [-0.25, -0.2) is 0 Å². The van der Waals surface area contributed by atoms with E-state index in [1.807, 2.05) is 36.2 Å². The number of pyridine rings is 1. The molecule has 0 aliphatic heterocycles. The smallest absolute Gasteiger partial charge is 0.293 e. The molecule has 0 atom stereocenters. The van der Waals surface area contributed by atoms with Crippen molar-refractivity contribution >= 4 is 29.1 Å². The summed E-state index contributed by atoms with van der Waals surface area (Å²) in [6.07, 6.45) is 5.80. The summed E-state index contributed by atoms with van der Waals surface area (Å²) < 4.78 is 4.52. The lowest BCUT2D eigenvalue weighted by atomic mass is 9.86. The van der Waals surface area contributed by atoms with Gasteiger partial charge in [-0.1, -0.05) is 31.5 Å². The molecule has 1 fully saturated rings. The predicted molar refractivity (Wildman–Crippen MR) is 118 cm³/mol. The summed E-state index contributed by atoms with van der Waals surface area (Å²) in [6, 6.07) is 18.5. The van der Waals surface area contributed by atoms with Gasteiger partial charge < -0.3 is 4.74 Å². The highest BCUT2D eigenvalue weighted by molar-refractivity contribution is 8.01. The van der Waals surface area contributed by atoms with Crippen LogP contribution in [0.4, 0.5) is 0 Å². The number of rotatable bonds is 5. The molecule has 3 aromatic rings. The van der Waals surface area contributed by atoms with Gasteiger partial charge in [0, 0.05) is 21.2 Å². The van der Waals surface area contributed by atoms with E-state index in [1.54, 1.807) is 6.92 Å². The first-order valence-corrected chi connectivity index (χ1v) is 10.5. The van der Waals surface area contributed by atoms with Crippen LogP contribution in [-0.2, 0) is 9.53 Å². The maximum atomic E-state index is 9.18. The summed E-state index contributed by atoms with van der Waals surface area (Å²) in [5, 5.41) is 10.3. The molecule has 5 heteroatoms. The maximum Gasteiger partial charge on any atom is 0.293 e. The van der Waals surface area contributed by atoms with Crippen molar-refractivity contribution in [3.05, 3.63) is 60.3 Å². The number of thioether (sulfide) groups is 1. The molecule has 0 bridgehead atoms. The topological polar surface area (TPSA) is 63.0 Å². The molecule has 0 amide bonds. The lowest BCUT2D eigenvalue weighted by molar-refractivity contribution is -0.128. The van der Waals surface area contributed by atoms with Crippen molar-refractivity contribution < 1.29 is 9.53 Å².